The first-order chi connectivity index (χ1) is 9.95. The van der Waals surface area contributed by atoms with Gasteiger partial charge in [-0.1, -0.05) is 13.8 Å². The van der Waals surface area contributed by atoms with Crippen LogP contribution < -0.4 is 10.2 Å². The van der Waals surface area contributed by atoms with Crippen LogP contribution in [0.5, 0.6) is 0 Å². The fourth-order valence-electron chi connectivity index (χ4n) is 2.56. The quantitative estimate of drug-likeness (QED) is 0.908. The van der Waals surface area contributed by atoms with Gasteiger partial charge in [-0.05, 0) is 32.6 Å². The van der Waals surface area contributed by atoms with Crippen molar-refractivity contribution in [2.24, 2.45) is 11.8 Å². The summed E-state index contributed by atoms with van der Waals surface area (Å²) in [6.45, 7) is 10.2. The number of hydrogen-bond acceptors (Lipinski definition) is 5. The van der Waals surface area contributed by atoms with E-state index in [9.17, 15) is 4.79 Å². The molecule has 0 bridgehead atoms. The van der Waals surface area contributed by atoms with Gasteiger partial charge in [-0.3, -0.25) is 4.79 Å². The number of aromatic nitrogens is 2. The van der Waals surface area contributed by atoms with Gasteiger partial charge in [-0.2, -0.15) is 4.37 Å². The molecule has 21 heavy (non-hydrogen) atoms. The number of piperidine rings is 1. The lowest BCUT2D eigenvalue weighted by Gasteiger charge is -2.31. The van der Waals surface area contributed by atoms with Crippen LogP contribution >= 0.6 is 11.5 Å². The number of nitrogens with zero attached hydrogens (tertiary/aromatic N) is 3. The number of carbonyl (C=O) groups excluding carboxylic acids is 1. The molecule has 6 heteroatoms. The molecule has 0 atom stereocenters. The lowest BCUT2D eigenvalue weighted by molar-refractivity contribution is -0.126. The second-order valence-electron chi connectivity index (χ2n) is 6.52. The van der Waals surface area contributed by atoms with Gasteiger partial charge in [-0.25, -0.2) is 4.98 Å². The molecule has 0 radical (unpaired) electrons. The molecular formula is C15H26N4OS. The van der Waals surface area contributed by atoms with E-state index in [4.69, 9.17) is 0 Å². The van der Waals surface area contributed by atoms with Crippen molar-refractivity contribution >= 4 is 22.6 Å². The Balaban J connectivity index is 1.86. The second kappa shape index (κ2) is 7.20. The van der Waals surface area contributed by atoms with E-state index in [1.54, 1.807) is 0 Å². The number of rotatable bonds is 5. The van der Waals surface area contributed by atoms with Gasteiger partial charge in [0, 0.05) is 43.0 Å². The van der Waals surface area contributed by atoms with Crippen molar-refractivity contribution in [1.29, 1.82) is 0 Å². The van der Waals surface area contributed by atoms with Gasteiger partial charge >= 0.3 is 0 Å². The first kappa shape index (κ1) is 16.2. The normalized spacial score (nSPS) is 16.8. The summed E-state index contributed by atoms with van der Waals surface area (Å²) in [5.74, 6) is 1.87. The third kappa shape index (κ3) is 4.66. The van der Waals surface area contributed by atoms with Crippen molar-refractivity contribution < 1.29 is 4.79 Å². The van der Waals surface area contributed by atoms with E-state index in [2.05, 4.69) is 33.4 Å². The minimum absolute atomic E-state index is 0.145. The highest BCUT2D eigenvalue weighted by Crippen LogP contribution is 2.25. The average Bonchev–Trinajstić information content (AvgIpc) is 2.85. The monoisotopic (exact) mass is 310 g/mol. The van der Waals surface area contributed by atoms with Crippen molar-refractivity contribution in [3.63, 3.8) is 0 Å². The summed E-state index contributed by atoms with van der Waals surface area (Å²) < 4.78 is 4.43. The summed E-state index contributed by atoms with van der Waals surface area (Å²) in [5, 5.41) is 4.02. The van der Waals surface area contributed by atoms with Gasteiger partial charge in [0.15, 0.2) is 0 Å². The zero-order chi connectivity index (χ0) is 15.4. The minimum Gasteiger partial charge on any atom is -0.354 e. The van der Waals surface area contributed by atoms with Crippen LogP contribution in [0.2, 0.25) is 0 Å². The Labute approximate surface area is 131 Å². The molecule has 1 aromatic rings. The van der Waals surface area contributed by atoms with Gasteiger partial charge in [0.25, 0.3) is 0 Å². The number of carbonyl (C=O) groups is 1. The molecule has 118 valence electrons. The molecule has 1 saturated heterocycles. The van der Waals surface area contributed by atoms with Crippen LogP contribution in [-0.4, -0.2) is 34.4 Å². The number of anilines is 1. The fraction of sp³-hybridized carbons (Fsp3) is 0.800. The maximum absolute atomic E-state index is 12.0. The summed E-state index contributed by atoms with van der Waals surface area (Å²) in [6.07, 6.45) is 2.74. The van der Waals surface area contributed by atoms with E-state index in [1.165, 1.54) is 11.5 Å². The SMILES string of the molecule is CC(C)Cc1nsc(N2CCC(C(=O)NC(C)C)CC2)n1. The third-order valence-corrected chi connectivity index (χ3v) is 4.43. The summed E-state index contributed by atoms with van der Waals surface area (Å²) in [4.78, 5) is 18.9. The highest BCUT2D eigenvalue weighted by Gasteiger charge is 2.26. The molecule has 2 heterocycles. The molecule has 1 aliphatic rings. The van der Waals surface area contributed by atoms with Crippen molar-refractivity contribution in [2.45, 2.75) is 53.0 Å². The summed E-state index contributed by atoms with van der Waals surface area (Å²) in [6, 6.07) is 0.220. The van der Waals surface area contributed by atoms with Gasteiger partial charge in [0.1, 0.15) is 5.82 Å². The molecular weight excluding hydrogens is 284 g/mol. The van der Waals surface area contributed by atoms with Crippen molar-refractivity contribution in [1.82, 2.24) is 14.7 Å². The minimum atomic E-state index is 0.145. The van der Waals surface area contributed by atoms with E-state index < -0.39 is 0 Å². The van der Waals surface area contributed by atoms with Crippen molar-refractivity contribution in [3.05, 3.63) is 5.82 Å². The van der Waals surface area contributed by atoms with Crippen LogP contribution in [0, 0.1) is 11.8 Å². The van der Waals surface area contributed by atoms with E-state index in [1.807, 2.05) is 13.8 Å². The first-order valence-electron chi connectivity index (χ1n) is 7.83. The van der Waals surface area contributed by atoms with E-state index in [0.29, 0.717) is 5.92 Å². The van der Waals surface area contributed by atoms with Gasteiger partial charge in [-0.15, -0.1) is 0 Å². The van der Waals surface area contributed by atoms with E-state index >= 15 is 0 Å². The Morgan fingerprint density at radius 3 is 2.57 bits per heavy atom. The van der Waals surface area contributed by atoms with Crippen molar-refractivity contribution in [2.75, 3.05) is 18.0 Å². The maximum atomic E-state index is 12.0. The first-order valence-corrected chi connectivity index (χ1v) is 8.61. The molecule has 0 unspecified atom stereocenters. The molecule has 1 fully saturated rings. The summed E-state index contributed by atoms with van der Waals surface area (Å²) in [7, 11) is 0. The molecule has 0 spiro atoms. The van der Waals surface area contributed by atoms with Crippen LogP contribution in [-0.2, 0) is 11.2 Å². The lowest BCUT2D eigenvalue weighted by atomic mass is 9.96. The Kier molecular flexibility index (Phi) is 5.56. The zero-order valence-corrected chi connectivity index (χ0v) is 14.2. The zero-order valence-electron chi connectivity index (χ0n) is 13.4. The topological polar surface area (TPSA) is 58.1 Å². The standard InChI is InChI=1S/C15H26N4OS/c1-10(2)9-13-17-15(21-18-13)19-7-5-12(6-8-19)14(20)16-11(3)4/h10-12H,5-9H2,1-4H3,(H,16,20). The fourth-order valence-corrected chi connectivity index (χ4v) is 3.30. The van der Waals surface area contributed by atoms with Crippen LogP contribution in [0.4, 0.5) is 5.13 Å². The lowest BCUT2D eigenvalue weighted by Crippen LogP contribution is -2.42. The molecule has 0 aliphatic carbocycles. The average molecular weight is 310 g/mol. The van der Waals surface area contributed by atoms with Gasteiger partial charge < -0.3 is 10.2 Å². The highest BCUT2D eigenvalue weighted by atomic mass is 32.1. The number of amides is 1. The third-order valence-electron chi connectivity index (χ3n) is 3.62. The summed E-state index contributed by atoms with van der Waals surface area (Å²) >= 11 is 1.48. The highest BCUT2D eigenvalue weighted by molar-refractivity contribution is 7.09. The Morgan fingerprint density at radius 2 is 2.00 bits per heavy atom. The van der Waals surface area contributed by atoms with E-state index in [-0.39, 0.29) is 17.9 Å². The molecule has 2 rings (SSSR count). The smallest absolute Gasteiger partial charge is 0.223 e. The van der Waals surface area contributed by atoms with Crippen molar-refractivity contribution in [3.8, 4) is 0 Å². The number of nitrogens with one attached hydrogen (secondary N) is 1. The van der Waals surface area contributed by atoms with Crippen LogP contribution in [0.25, 0.3) is 0 Å². The largest absolute Gasteiger partial charge is 0.354 e. The van der Waals surface area contributed by atoms with Crippen LogP contribution in [0.1, 0.15) is 46.4 Å². The molecule has 1 amide bonds. The Morgan fingerprint density at radius 1 is 1.33 bits per heavy atom. The molecule has 1 N–H and O–H groups in total. The Bertz CT molecular complexity index is 464. The van der Waals surface area contributed by atoms with E-state index in [0.717, 1.165) is 43.3 Å². The van der Waals surface area contributed by atoms with Crippen LogP contribution in [0.15, 0.2) is 0 Å². The predicted octanol–water partition coefficient (Wildman–Crippen LogP) is 2.48. The molecule has 1 aromatic heterocycles. The Hall–Kier alpha value is -1.17. The van der Waals surface area contributed by atoms with Crippen LogP contribution in [0.3, 0.4) is 0 Å². The molecule has 1 aliphatic heterocycles. The molecule has 5 nitrogen and oxygen atoms in total. The summed E-state index contributed by atoms with van der Waals surface area (Å²) in [5.41, 5.74) is 0. The van der Waals surface area contributed by atoms with Gasteiger partial charge in [0.05, 0.1) is 0 Å². The molecule has 0 aromatic carbocycles. The molecule has 0 saturated carbocycles. The maximum Gasteiger partial charge on any atom is 0.223 e. The number of hydrogen-bond donors (Lipinski definition) is 1. The van der Waals surface area contributed by atoms with Gasteiger partial charge in [0.2, 0.25) is 11.0 Å². The predicted molar refractivity (Wildman–Crippen MR) is 86.7 cm³/mol. The second-order valence-corrected chi connectivity index (χ2v) is 7.25.